The SMILES string of the molecule is COCCOCCOCCOc1nccc(C#N)c1N. The molecule has 0 aliphatic carbocycles. The van der Waals surface area contributed by atoms with Crippen LogP contribution in [0.5, 0.6) is 5.88 Å². The smallest absolute Gasteiger partial charge is 0.238 e. The maximum absolute atomic E-state index is 8.81. The Morgan fingerprint density at radius 3 is 2.45 bits per heavy atom. The second-order valence-electron chi connectivity index (χ2n) is 3.76. The van der Waals surface area contributed by atoms with Crippen LogP contribution in [0.4, 0.5) is 5.69 Å². The lowest BCUT2D eigenvalue weighted by Crippen LogP contribution is -2.13. The largest absolute Gasteiger partial charge is 0.474 e. The van der Waals surface area contributed by atoms with Crippen molar-refractivity contribution in [2.75, 3.05) is 52.5 Å². The molecule has 0 radical (unpaired) electrons. The van der Waals surface area contributed by atoms with Gasteiger partial charge in [-0.25, -0.2) is 4.98 Å². The number of aromatic nitrogens is 1. The number of nitriles is 1. The van der Waals surface area contributed by atoms with Gasteiger partial charge in [0, 0.05) is 13.3 Å². The number of pyridine rings is 1. The van der Waals surface area contributed by atoms with Gasteiger partial charge in [-0.3, -0.25) is 0 Å². The van der Waals surface area contributed by atoms with E-state index in [9.17, 15) is 0 Å². The molecule has 0 saturated heterocycles. The van der Waals surface area contributed by atoms with Crippen LogP contribution < -0.4 is 10.5 Å². The van der Waals surface area contributed by atoms with Crippen molar-refractivity contribution in [3.8, 4) is 11.9 Å². The van der Waals surface area contributed by atoms with E-state index in [1.165, 1.54) is 12.3 Å². The third kappa shape index (κ3) is 5.84. The summed E-state index contributed by atoms with van der Waals surface area (Å²) in [6.45, 7) is 2.82. The normalized spacial score (nSPS) is 10.2. The van der Waals surface area contributed by atoms with Crippen LogP contribution in [0.2, 0.25) is 0 Å². The molecule has 0 fully saturated rings. The second kappa shape index (κ2) is 9.97. The van der Waals surface area contributed by atoms with Crippen molar-refractivity contribution in [2.45, 2.75) is 0 Å². The van der Waals surface area contributed by atoms with Crippen molar-refractivity contribution in [3.63, 3.8) is 0 Å². The number of nitrogens with two attached hydrogens (primary N) is 1. The standard InChI is InChI=1S/C13H19N3O4/c1-17-4-5-18-6-7-19-8-9-20-13-12(15)11(10-14)2-3-16-13/h2-3H,4-9,15H2,1H3. The lowest BCUT2D eigenvalue weighted by atomic mass is 10.2. The van der Waals surface area contributed by atoms with E-state index in [0.717, 1.165) is 0 Å². The fourth-order valence-corrected chi connectivity index (χ4v) is 1.33. The van der Waals surface area contributed by atoms with E-state index in [1.54, 1.807) is 7.11 Å². The van der Waals surface area contributed by atoms with Crippen LogP contribution in [0.3, 0.4) is 0 Å². The third-order valence-corrected chi connectivity index (χ3v) is 2.34. The molecule has 1 aromatic heterocycles. The van der Waals surface area contributed by atoms with Gasteiger partial charge >= 0.3 is 0 Å². The lowest BCUT2D eigenvalue weighted by molar-refractivity contribution is 0.0177. The molecule has 0 aromatic carbocycles. The van der Waals surface area contributed by atoms with Crippen LogP contribution in [-0.2, 0) is 14.2 Å². The van der Waals surface area contributed by atoms with Gasteiger partial charge in [0.25, 0.3) is 0 Å². The zero-order valence-electron chi connectivity index (χ0n) is 11.5. The highest BCUT2D eigenvalue weighted by molar-refractivity contribution is 5.59. The fraction of sp³-hybridized carbons (Fsp3) is 0.538. The van der Waals surface area contributed by atoms with E-state index in [0.29, 0.717) is 45.2 Å². The summed E-state index contributed by atoms with van der Waals surface area (Å²) < 4.78 is 20.7. The zero-order valence-corrected chi connectivity index (χ0v) is 11.5. The van der Waals surface area contributed by atoms with Crippen LogP contribution in [0.1, 0.15) is 5.56 Å². The van der Waals surface area contributed by atoms with Gasteiger partial charge in [-0.1, -0.05) is 0 Å². The first kappa shape index (κ1) is 16.2. The average Bonchev–Trinajstić information content (AvgIpc) is 2.47. The number of nitrogen functional groups attached to an aromatic ring is 1. The minimum atomic E-state index is 0.248. The highest BCUT2D eigenvalue weighted by Crippen LogP contribution is 2.20. The Bertz CT molecular complexity index is 434. The zero-order chi connectivity index (χ0) is 14.6. The molecule has 0 amide bonds. The van der Waals surface area contributed by atoms with Gasteiger partial charge < -0.3 is 24.7 Å². The molecule has 0 spiro atoms. The molecule has 2 N–H and O–H groups in total. The molecule has 0 atom stereocenters. The third-order valence-electron chi connectivity index (χ3n) is 2.34. The van der Waals surface area contributed by atoms with Gasteiger partial charge in [0.2, 0.25) is 5.88 Å². The van der Waals surface area contributed by atoms with E-state index < -0.39 is 0 Å². The van der Waals surface area contributed by atoms with Gasteiger partial charge in [0.1, 0.15) is 18.4 Å². The summed E-state index contributed by atoms with van der Waals surface area (Å²) in [6.07, 6.45) is 1.48. The van der Waals surface area contributed by atoms with Gasteiger partial charge in [0.15, 0.2) is 0 Å². The molecular weight excluding hydrogens is 262 g/mol. The first-order valence-electron chi connectivity index (χ1n) is 6.21. The molecule has 1 aromatic rings. The van der Waals surface area contributed by atoms with E-state index in [1.807, 2.05) is 6.07 Å². The topological polar surface area (TPSA) is 99.6 Å². The summed E-state index contributed by atoms with van der Waals surface area (Å²) in [5, 5.41) is 8.81. The highest BCUT2D eigenvalue weighted by Gasteiger charge is 2.06. The minimum absolute atomic E-state index is 0.248. The predicted molar refractivity (Wildman–Crippen MR) is 72.4 cm³/mol. The van der Waals surface area contributed by atoms with Crippen LogP contribution >= 0.6 is 0 Å². The Hall–Kier alpha value is -1.88. The number of hydrogen-bond acceptors (Lipinski definition) is 7. The minimum Gasteiger partial charge on any atom is -0.474 e. The highest BCUT2D eigenvalue weighted by atomic mass is 16.6. The number of anilines is 1. The Balaban J connectivity index is 2.11. The Morgan fingerprint density at radius 2 is 1.80 bits per heavy atom. The number of nitrogens with zero attached hydrogens (tertiary/aromatic N) is 2. The maximum atomic E-state index is 8.81. The van der Waals surface area contributed by atoms with Crippen LogP contribution in [-0.4, -0.2) is 51.7 Å². The first-order valence-corrected chi connectivity index (χ1v) is 6.21. The number of rotatable bonds is 10. The molecule has 0 unspecified atom stereocenters. The Kier molecular flexibility index (Phi) is 8.07. The van der Waals surface area contributed by atoms with Crippen molar-refractivity contribution in [3.05, 3.63) is 17.8 Å². The molecule has 0 aliphatic rings. The number of hydrogen-bond donors (Lipinski definition) is 1. The molecule has 0 bridgehead atoms. The Morgan fingerprint density at radius 1 is 1.15 bits per heavy atom. The van der Waals surface area contributed by atoms with Crippen molar-refractivity contribution in [1.82, 2.24) is 4.98 Å². The van der Waals surface area contributed by atoms with Gasteiger partial charge in [-0.2, -0.15) is 5.26 Å². The van der Waals surface area contributed by atoms with Crippen molar-refractivity contribution in [2.24, 2.45) is 0 Å². The summed E-state index contributed by atoms with van der Waals surface area (Å²) in [6, 6.07) is 3.51. The molecule has 0 saturated carbocycles. The summed E-state index contributed by atoms with van der Waals surface area (Å²) in [5.74, 6) is 0.254. The average molecular weight is 281 g/mol. The maximum Gasteiger partial charge on any atom is 0.238 e. The summed E-state index contributed by atoms with van der Waals surface area (Å²) in [5.41, 5.74) is 6.32. The quantitative estimate of drug-likeness (QED) is 0.626. The molecule has 7 nitrogen and oxygen atoms in total. The Labute approximate surface area is 118 Å². The predicted octanol–water partition coefficient (Wildman–Crippen LogP) is 0.594. The second-order valence-corrected chi connectivity index (χ2v) is 3.76. The lowest BCUT2D eigenvalue weighted by Gasteiger charge is -2.09. The fourth-order valence-electron chi connectivity index (χ4n) is 1.33. The molecule has 7 heteroatoms. The first-order chi connectivity index (χ1) is 9.79. The monoisotopic (exact) mass is 281 g/mol. The van der Waals surface area contributed by atoms with Crippen molar-refractivity contribution >= 4 is 5.69 Å². The molecule has 1 heterocycles. The van der Waals surface area contributed by atoms with Crippen LogP contribution in [0.25, 0.3) is 0 Å². The van der Waals surface area contributed by atoms with E-state index in [-0.39, 0.29) is 11.6 Å². The van der Waals surface area contributed by atoms with Gasteiger partial charge in [0.05, 0.1) is 38.6 Å². The number of ether oxygens (including phenoxy) is 4. The summed E-state index contributed by atoms with van der Waals surface area (Å²) >= 11 is 0. The van der Waals surface area contributed by atoms with Crippen LogP contribution in [0, 0.1) is 11.3 Å². The number of methoxy groups -OCH3 is 1. The molecule has 110 valence electrons. The molecule has 0 aliphatic heterocycles. The van der Waals surface area contributed by atoms with Crippen molar-refractivity contribution < 1.29 is 18.9 Å². The van der Waals surface area contributed by atoms with E-state index in [4.69, 9.17) is 29.9 Å². The molecular formula is C13H19N3O4. The van der Waals surface area contributed by atoms with Crippen LogP contribution in [0.15, 0.2) is 12.3 Å². The van der Waals surface area contributed by atoms with Gasteiger partial charge in [-0.15, -0.1) is 0 Å². The van der Waals surface area contributed by atoms with Gasteiger partial charge in [-0.05, 0) is 6.07 Å². The molecule has 1 rings (SSSR count). The molecule has 20 heavy (non-hydrogen) atoms. The summed E-state index contributed by atoms with van der Waals surface area (Å²) in [7, 11) is 1.62. The van der Waals surface area contributed by atoms with E-state index in [2.05, 4.69) is 4.98 Å². The van der Waals surface area contributed by atoms with E-state index >= 15 is 0 Å². The van der Waals surface area contributed by atoms with Crippen molar-refractivity contribution in [1.29, 1.82) is 5.26 Å². The summed E-state index contributed by atoms with van der Waals surface area (Å²) in [4.78, 5) is 3.96.